The molecular weight excluding hydrogens is 363 g/mol. The minimum Gasteiger partial charge on any atom is -0.357 e. The van der Waals surface area contributed by atoms with E-state index in [9.17, 15) is 0 Å². The predicted octanol–water partition coefficient (Wildman–Crippen LogP) is 2.94. The van der Waals surface area contributed by atoms with Crippen molar-refractivity contribution in [2.75, 3.05) is 6.54 Å². The molecule has 0 radical (unpaired) electrons. The van der Waals surface area contributed by atoms with Crippen molar-refractivity contribution in [2.45, 2.75) is 45.7 Å². The van der Waals surface area contributed by atoms with Gasteiger partial charge in [-0.2, -0.15) is 0 Å². The summed E-state index contributed by atoms with van der Waals surface area (Å²) in [6.07, 6.45) is 5.67. The SMILES string of the molecule is CCCC1CC1NC(=NCc1ccccn1)NCC.I. The van der Waals surface area contributed by atoms with Crippen molar-refractivity contribution in [3.63, 3.8) is 0 Å². The third kappa shape index (κ3) is 5.64. The molecule has 2 rings (SSSR count). The van der Waals surface area contributed by atoms with Crippen molar-refractivity contribution >= 4 is 29.9 Å². The molecule has 5 heteroatoms. The molecule has 0 aromatic carbocycles. The molecule has 1 aromatic rings. The van der Waals surface area contributed by atoms with Gasteiger partial charge in [-0.25, -0.2) is 4.99 Å². The van der Waals surface area contributed by atoms with Crippen molar-refractivity contribution in [3.8, 4) is 0 Å². The zero-order valence-corrected chi connectivity index (χ0v) is 14.6. The first-order valence-corrected chi connectivity index (χ1v) is 7.28. The predicted molar refractivity (Wildman–Crippen MR) is 94.4 cm³/mol. The van der Waals surface area contributed by atoms with Crippen LogP contribution < -0.4 is 10.6 Å². The summed E-state index contributed by atoms with van der Waals surface area (Å²) >= 11 is 0. The summed E-state index contributed by atoms with van der Waals surface area (Å²) in [6.45, 7) is 5.85. The molecule has 1 aromatic heterocycles. The second-order valence-electron chi connectivity index (χ2n) is 5.05. The summed E-state index contributed by atoms with van der Waals surface area (Å²) in [5.74, 6) is 1.75. The lowest BCUT2D eigenvalue weighted by Crippen LogP contribution is -2.39. The van der Waals surface area contributed by atoms with Crippen molar-refractivity contribution < 1.29 is 0 Å². The number of halogens is 1. The molecule has 1 saturated carbocycles. The Labute approximate surface area is 138 Å². The molecule has 1 aliphatic rings. The molecule has 0 spiro atoms. The maximum Gasteiger partial charge on any atom is 0.191 e. The fourth-order valence-corrected chi connectivity index (χ4v) is 2.26. The normalized spacial score (nSPS) is 21.0. The fraction of sp³-hybridized carbons (Fsp3) is 0.600. The highest BCUT2D eigenvalue weighted by Gasteiger charge is 2.36. The van der Waals surface area contributed by atoms with E-state index in [4.69, 9.17) is 0 Å². The number of aliphatic imine (C=N–C) groups is 1. The average molecular weight is 388 g/mol. The maximum atomic E-state index is 4.59. The zero-order chi connectivity index (χ0) is 13.5. The van der Waals surface area contributed by atoms with Crippen molar-refractivity contribution in [1.29, 1.82) is 0 Å². The third-order valence-corrected chi connectivity index (χ3v) is 3.37. The largest absolute Gasteiger partial charge is 0.357 e. The number of pyridine rings is 1. The Balaban J connectivity index is 0.00000200. The molecule has 0 saturated heterocycles. The highest BCUT2D eigenvalue weighted by molar-refractivity contribution is 14.0. The van der Waals surface area contributed by atoms with Gasteiger partial charge in [0.15, 0.2) is 5.96 Å². The second kappa shape index (κ2) is 9.15. The number of aromatic nitrogens is 1. The third-order valence-electron chi connectivity index (χ3n) is 3.37. The van der Waals surface area contributed by atoms with Gasteiger partial charge in [0.1, 0.15) is 0 Å². The molecule has 0 amide bonds. The quantitative estimate of drug-likeness (QED) is 0.448. The van der Waals surface area contributed by atoms with Crippen molar-refractivity contribution in [3.05, 3.63) is 30.1 Å². The molecule has 2 unspecified atom stereocenters. The van der Waals surface area contributed by atoms with E-state index in [1.54, 1.807) is 0 Å². The molecule has 2 N–H and O–H groups in total. The maximum absolute atomic E-state index is 4.59. The van der Waals surface area contributed by atoms with Gasteiger partial charge in [-0.05, 0) is 37.8 Å². The van der Waals surface area contributed by atoms with Crippen LogP contribution in [0.15, 0.2) is 29.4 Å². The van der Waals surface area contributed by atoms with Gasteiger partial charge < -0.3 is 10.6 Å². The topological polar surface area (TPSA) is 49.3 Å². The van der Waals surface area contributed by atoms with Crippen molar-refractivity contribution in [2.24, 2.45) is 10.9 Å². The van der Waals surface area contributed by atoms with Crippen LogP contribution in [0.25, 0.3) is 0 Å². The van der Waals surface area contributed by atoms with Gasteiger partial charge in [0.25, 0.3) is 0 Å². The highest BCUT2D eigenvalue weighted by Crippen LogP contribution is 2.34. The molecule has 112 valence electrons. The molecule has 0 aliphatic heterocycles. The summed E-state index contributed by atoms with van der Waals surface area (Å²) < 4.78 is 0. The number of nitrogens with one attached hydrogen (secondary N) is 2. The monoisotopic (exact) mass is 388 g/mol. The number of rotatable bonds is 6. The summed E-state index contributed by atoms with van der Waals surface area (Å²) in [5.41, 5.74) is 1.00. The van der Waals surface area contributed by atoms with Crippen LogP contribution in [-0.2, 0) is 6.54 Å². The molecule has 20 heavy (non-hydrogen) atoms. The van der Waals surface area contributed by atoms with E-state index in [-0.39, 0.29) is 24.0 Å². The lowest BCUT2D eigenvalue weighted by molar-refractivity contribution is 0.655. The summed E-state index contributed by atoms with van der Waals surface area (Å²) in [7, 11) is 0. The van der Waals surface area contributed by atoms with Gasteiger partial charge in [-0.1, -0.05) is 19.4 Å². The molecule has 2 atom stereocenters. The van der Waals surface area contributed by atoms with Gasteiger partial charge in [0, 0.05) is 18.8 Å². The Hall–Kier alpha value is -0.850. The molecule has 0 bridgehead atoms. The first-order chi connectivity index (χ1) is 9.33. The van der Waals surface area contributed by atoms with Gasteiger partial charge in [0.05, 0.1) is 12.2 Å². The highest BCUT2D eigenvalue weighted by atomic mass is 127. The summed E-state index contributed by atoms with van der Waals surface area (Å²) in [6, 6.07) is 6.54. The van der Waals surface area contributed by atoms with Gasteiger partial charge in [0.2, 0.25) is 0 Å². The molecule has 1 heterocycles. The second-order valence-corrected chi connectivity index (χ2v) is 5.05. The first-order valence-electron chi connectivity index (χ1n) is 7.28. The van der Waals surface area contributed by atoms with E-state index in [2.05, 4.69) is 34.5 Å². The summed E-state index contributed by atoms with van der Waals surface area (Å²) in [4.78, 5) is 8.88. The minimum absolute atomic E-state index is 0. The number of guanidine groups is 1. The molecule has 1 aliphatic carbocycles. The van der Waals surface area contributed by atoms with E-state index in [1.165, 1.54) is 19.3 Å². The lowest BCUT2D eigenvalue weighted by atomic mass is 10.2. The molecule has 4 nitrogen and oxygen atoms in total. The van der Waals surface area contributed by atoms with E-state index in [0.717, 1.165) is 24.1 Å². The Morgan fingerprint density at radius 2 is 2.25 bits per heavy atom. The van der Waals surface area contributed by atoms with Crippen LogP contribution in [-0.4, -0.2) is 23.5 Å². The minimum atomic E-state index is 0. The van der Waals surface area contributed by atoms with Crippen LogP contribution in [0.3, 0.4) is 0 Å². The van der Waals surface area contributed by atoms with E-state index in [0.29, 0.717) is 12.6 Å². The smallest absolute Gasteiger partial charge is 0.191 e. The van der Waals surface area contributed by atoms with Gasteiger partial charge in [-0.3, -0.25) is 4.98 Å². The average Bonchev–Trinajstić information content (AvgIpc) is 3.16. The first kappa shape index (κ1) is 17.2. The van der Waals surface area contributed by atoms with Gasteiger partial charge in [-0.15, -0.1) is 24.0 Å². The van der Waals surface area contributed by atoms with Crippen molar-refractivity contribution in [1.82, 2.24) is 15.6 Å². The number of nitrogens with zero attached hydrogens (tertiary/aromatic N) is 2. The Kier molecular flexibility index (Phi) is 7.87. The van der Waals surface area contributed by atoms with Crippen LogP contribution in [0.4, 0.5) is 0 Å². The molecule has 1 fully saturated rings. The number of hydrogen-bond donors (Lipinski definition) is 2. The van der Waals surface area contributed by atoms with E-state index >= 15 is 0 Å². The number of hydrogen-bond acceptors (Lipinski definition) is 2. The van der Waals surface area contributed by atoms with Crippen LogP contribution in [0.2, 0.25) is 0 Å². The lowest BCUT2D eigenvalue weighted by Gasteiger charge is -2.11. The van der Waals surface area contributed by atoms with E-state index < -0.39 is 0 Å². The van der Waals surface area contributed by atoms with Crippen LogP contribution in [0.5, 0.6) is 0 Å². The fourth-order valence-electron chi connectivity index (χ4n) is 2.26. The Morgan fingerprint density at radius 1 is 1.40 bits per heavy atom. The standard InChI is InChI=1S/C15H24N4.HI/c1-3-7-12-10-14(12)19-15(16-4-2)18-11-13-8-5-6-9-17-13;/h5-6,8-9,12,14H,3-4,7,10-11H2,1-2H3,(H2,16,18,19);1H. The Morgan fingerprint density at radius 3 is 2.90 bits per heavy atom. The van der Waals surface area contributed by atoms with Gasteiger partial charge >= 0.3 is 0 Å². The zero-order valence-electron chi connectivity index (χ0n) is 12.3. The van der Waals surface area contributed by atoms with E-state index in [1.807, 2.05) is 24.4 Å². The van der Waals surface area contributed by atoms with Crippen LogP contribution in [0.1, 0.15) is 38.8 Å². The van der Waals surface area contributed by atoms with Crippen LogP contribution >= 0.6 is 24.0 Å². The summed E-state index contributed by atoms with van der Waals surface area (Å²) in [5, 5.41) is 6.81. The molecular formula is C15H25IN4. The van der Waals surface area contributed by atoms with Crippen LogP contribution in [0, 0.1) is 5.92 Å². The Bertz CT molecular complexity index is 408.